The van der Waals surface area contributed by atoms with Crippen LogP contribution < -0.4 is 0 Å². The van der Waals surface area contributed by atoms with Crippen LogP contribution in [0.2, 0.25) is 0 Å². The summed E-state index contributed by atoms with van der Waals surface area (Å²) >= 11 is 0. The Morgan fingerprint density at radius 3 is 2.35 bits per heavy atom. The van der Waals surface area contributed by atoms with Gasteiger partial charge < -0.3 is 14.1 Å². The standard InChI is InChI=1S/C30H23NO3/c32-30(33)11-5-6-20-12-15-23(16-13-20)31-26-17-14-21-7-1-3-9-24(21)25(26)19-27(31)29-18-22-8-2-4-10-28(22)34-29/h1-4,7-10,12-19H,5-6,11H2,(H,32,33). The van der Waals surface area contributed by atoms with E-state index < -0.39 is 5.97 Å². The van der Waals surface area contributed by atoms with Crippen molar-refractivity contribution in [3.63, 3.8) is 0 Å². The van der Waals surface area contributed by atoms with Gasteiger partial charge in [0.05, 0.1) is 11.2 Å². The molecule has 0 aliphatic carbocycles. The van der Waals surface area contributed by atoms with Crippen LogP contribution in [0.1, 0.15) is 18.4 Å². The van der Waals surface area contributed by atoms with Gasteiger partial charge in [-0.3, -0.25) is 4.79 Å². The van der Waals surface area contributed by atoms with Gasteiger partial charge in [0.1, 0.15) is 5.58 Å². The second-order valence-electron chi connectivity index (χ2n) is 8.65. The third-order valence-corrected chi connectivity index (χ3v) is 6.44. The van der Waals surface area contributed by atoms with E-state index in [0.29, 0.717) is 6.42 Å². The molecular formula is C30H23NO3. The summed E-state index contributed by atoms with van der Waals surface area (Å²) in [4.78, 5) is 10.8. The van der Waals surface area contributed by atoms with Gasteiger partial charge in [-0.1, -0.05) is 60.7 Å². The van der Waals surface area contributed by atoms with Crippen molar-refractivity contribution in [3.05, 3.63) is 103 Å². The molecule has 0 radical (unpaired) electrons. The molecule has 0 amide bonds. The first-order valence-electron chi connectivity index (χ1n) is 11.5. The Hall–Kier alpha value is -4.31. The first kappa shape index (κ1) is 20.3. The van der Waals surface area contributed by atoms with Crippen LogP contribution in [-0.2, 0) is 11.2 Å². The lowest BCUT2D eigenvalue weighted by molar-refractivity contribution is -0.137. The topological polar surface area (TPSA) is 55.4 Å². The van der Waals surface area contributed by atoms with E-state index in [4.69, 9.17) is 9.52 Å². The number of aromatic nitrogens is 1. The molecule has 4 heteroatoms. The van der Waals surface area contributed by atoms with E-state index in [9.17, 15) is 4.79 Å². The fraction of sp³-hybridized carbons (Fsp3) is 0.100. The second kappa shape index (κ2) is 8.23. The van der Waals surface area contributed by atoms with Gasteiger partial charge in [-0.15, -0.1) is 0 Å². The van der Waals surface area contributed by atoms with Crippen molar-refractivity contribution in [2.75, 3.05) is 0 Å². The number of para-hydroxylation sites is 1. The molecule has 0 saturated heterocycles. The van der Waals surface area contributed by atoms with Gasteiger partial charge in [0.15, 0.2) is 5.76 Å². The van der Waals surface area contributed by atoms with E-state index in [1.54, 1.807) is 0 Å². The Labute approximate surface area is 196 Å². The maximum atomic E-state index is 10.8. The molecule has 6 aromatic rings. The van der Waals surface area contributed by atoms with Crippen molar-refractivity contribution in [3.8, 4) is 17.1 Å². The number of carbonyl (C=O) groups is 1. The lowest BCUT2D eigenvalue weighted by Crippen LogP contribution is -1.98. The largest absolute Gasteiger partial charge is 0.481 e. The molecule has 0 aliphatic heterocycles. The molecule has 4 aromatic carbocycles. The number of carboxylic acids is 1. The number of rotatable bonds is 6. The number of aryl methyl sites for hydroxylation is 1. The Morgan fingerprint density at radius 2 is 1.56 bits per heavy atom. The molecule has 0 bridgehead atoms. The van der Waals surface area contributed by atoms with Gasteiger partial charge in [0.25, 0.3) is 0 Å². The minimum atomic E-state index is -0.752. The summed E-state index contributed by atoms with van der Waals surface area (Å²) in [5, 5.41) is 13.6. The fourth-order valence-corrected chi connectivity index (χ4v) is 4.78. The van der Waals surface area contributed by atoms with Gasteiger partial charge in [-0.25, -0.2) is 0 Å². The van der Waals surface area contributed by atoms with Crippen molar-refractivity contribution in [2.24, 2.45) is 0 Å². The predicted molar refractivity (Wildman–Crippen MR) is 137 cm³/mol. The molecule has 2 aromatic heterocycles. The SMILES string of the molecule is O=C(O)CCCc1ccc(-n2c(-c3cc4ccccc4o3)cc3c4ccccc4ccc32)cc1. The lowest BCUT2D eigenvalue weighted by Gasteiger charge is -2.11. The molecular weight excluding hydrogens is 422 g/mol. The zero-order chi connectivity index (χ0) is 23.1. The van der Waals surface area contributed by atoms with E-state index in [2.05, 4.69) is 83.4 Å². The summed E-state index contributed by atoms with van der Waals surface area (Å²) in [7, 11) is 0. The van der Waals surface area contributed by atoms with Crippen molar-refractivity contribution >= 4 is 38.6 Å². The van der Waals surface area contributed by atoms with E-state index >= 15 is 0 Å². The normalized spacial score (nSPS) is 11.5. The Bertz CT molecular complexity index is 1620. The molecule has 2 heterocycles. The van der Waals surface area contributed by atoms with Crippen molar-refractivity contribution < 1.29 is 14.3 Å². The summed E-state index contributed by atoms with van der Waals surface area (Å²) in [5.41, 5.74) is 5.17. The maximum Gasteiger partial charge on any atom is 0.303 e. The molecule has 166 valence electrons. The summed E-state index contributed by atoms with van der Waals surface area (Å²) in [6, 6.07) is 33.6. The van der Waals surface area contributed by atoms with Crippen molar-refractivity contribution in [1.29, 1.82) is 0 Å². The quantitative estimate of drug-likeness (QED) is 0.287. The van der Waals surface area contributed by atoms with Crippen LogP contribution in [-0.4, -0.2) is 15.6 Å². The molecule has 0 unspecified atom stereocenters. The van der Waals surface area contributed by atoms with E-state index in [-0.39, 0.29) is 6.42 Å². The average Bonchev–Trinajstić information content (AvgIpc) is 3.46. The van der Waals surface area contributed by atoms with Gasteiger partial charge in [-0.2, -0.15) is 0 Å². The number of carboxylic acid groups (broad SMARTS) is 1. The maximum absolute atomic E-state index is 10.8. The number of hydrogen-bond acceptors (Lipinski definition) is 2. The predicted octanol–water partition coefficient (Wildman–Crippen LogP) is 7.60. The molecule has 1 N–H and O–H groups in total. The monoisotopic (exact) mass is 445 g/mol. The average molecular weight is 446 g/mol. The molecule has 6 rings (SSSR count). The lowest BCUT2D eigenvalue weighted by atomic mass is 10.1. The van der Waals surface area contributed by atoms with Crippen LogP contribution >= 0.6 is 0 Å². The van der Waals surface area contributed by atoms with E-state index in [1.165, 1.54) is 16.2 Å². The van der Waals surface area contributed by atoms with Gasteiger partial charge in [0.2, 0.25) is 0 Å². The highest BCUT2D eigenvalue weighted by atomic mass is 16.4. The van der Waals surface area contributed by atoms with Crippen LogP contribution in [0.15, 0.2) is 101 Å². The van der Waals surface area contributed by atoms with Crippen molar-refractivity contribution in [2.45, 2.75) is 19.3 Å². The highest BCUT2D eigenvalue weighted by Crippen LogP contribution is 2.37. The summed E-state index contributed by atoms with van der Waals surface area (Å²) in [5.74, 6) is 0.0742. The molecule has 0 saturated carbocycles. The minimum absolute atomic E-state index is 0.188. The molecule has 34 heavy (non-hydrogen) atoms. The third-order valence-electron chi connectivity index (χ3n) is 6.44. The Kier molecular flexibility index (Phi) is 4.92. The van der Waals surface area contributed by atoms with Crippen LogP contribution in [0.3, 0.4) is 0 Å². The number of fused-ring (bicyclic) bond motifs is 4. The minimum Gasteiger partial charge on any atom is -0.481 e. The molecule has 0 atom stereocenters. The Morgan fingerprint density at radius 1 is 0.794 bits per heavy atom. The number of furan rings is 1. The van der Waals surface area contributed by atoms with Crippen LogP contribution in [0.25, 0.3) is 49.8 Å². The van der Waals surface area contributed by atoms with Gasteiger partial charge in [-0.05, 0) is 65.6 Å². The van der Waals surface area contributed by atoms with Crippen molar-refractivity contribution in [1.82, 2.24) is 4.57 Å². The number of aliphatic carboxylic acids is 1. The number of benzene rings is 4. The van der Waals surface area contributed by atoms with Crippen LogP contribution in [0.4, 0.5) is 0 Å². The summed E-state index contributed by atoms with van der Waals surface area (Å²) in [6.45, 7) is 0. The first-order valence-corrected chi connectivity index (χ1v) is 11.5. The van der Waals surface area contributed by atoms with Crippen LogP contribution in [0, 0.1) is 0 Å². The zero-order valence-electron chi connectivity index (χ0n) is 18.6. The smallest absolute Gasteiger partial charge is 0.303 e. The second-order valence-corrected chi connectivity index (χ2v) is 8.65. The molecule has 0 aliphatic rings. The van der Waals surface area contributed by atoms with Gasteiger partial charge >= 0.3 is 5.97 Å². The highest BCUT2D eigenvalue weighted by Gasteiger charge is 2.17. The van der Waals surface area contributed by atoms with Crippen LogP contribution in [0.5, 0.6) is 0 Å². The molecule has 0 fully saturated rings. The van der Waals surface area contributed by atoms with E-state index in [1.807, 2.05) is 18.2 Å². The first-order chi connectivity index (χ1) is 16.7. The zero-order valence-corrected chi connectivity index (χ0v) is 18.6. The summed E-state index contributed by atoms with van der Waals surface area (Å²) < 4.78 is 8.53. The highest BCUT2D eigenvalue weighted by molar-refractivity contribution is 6.09. The summed E-state index contributed by atoms with van der Waals surface area (Å²) in [6.07, 6.45) is 1.57. The van der Waals surface area contributed by atoms with E-state index in [0.717, 1.165) is 45.6 Å². The molecule has 0 spiro atoms. The van der Waals surface area contributed by atoms with Gasteiger partial charge in [0, 0.05) is 22.9 Å². The molecule has 4 nitrogen and oxygen atoms in total. The fourth-order valence-electron chi connectivity index (χ4n) is 4.78. The third kappa shape index (κ3) is 3.54. The number of nitrogens with zero attached hydrogens (tertiary/aromatic N) is 1. The Balaban J connectivity index is 1.52. The number of hydrogen-bond donors (Lipinski definition) is 1.